The first-order chi connectivity index (χ1) is 11.4. The Balaban J connectivity index is 1.81. The Bertz CT molecular complexity index is 749. The molecule has 5 nitrogen and oxygen atoms in total. The van der Waals surface area contributed by atoms with E-state index in [-0.39, 0.29) is 12.2 Å². The van der Waals surface area contributed by atoms with Gasteiger partial charge in [0.05, 0.1) is 13.1 Å². The minimum atomic E-state index is -1.05. The molecule has 1 aromatic heterocycles. The molecule has 0 aliphatic heterocycles. The van der Waals surface area contributed by atoms with Gasteiger partial charge in [0.25, 0.3) is 0 Å². The van der Waals surface area contributed by atoms with Crippen molar-refractivity contribution in [2.45, 2.75) is 13.5 Å². The van der Waals surface area contributed by atoms with Crippen molar-refractivity contribution >= 4 is 29.0 Å². The van der Waals surface area contributed by atoms with Crippen molar-refractivity contribution in [1.82, 2.24) is 10.2 Å². The van der Waals surface area contributed by atoms with Crippen LogP contribution >= 0.6 is 11.3 Å². The molecule has 0 unspecified atom stereocenters. The van der Waals surface area contributed by atoms with Gasteiger partial charge in [-0.25, -0.2) is 13.6 Å². The summed E-state index contributed by atoms with van der Waals surface area (Å²) in [6, 6.07) is 4.61. The monoisotopic (exact) mass is 353 g/mol. The summed E-state index contributed by atoms with van der Waals surface area (Å²) in [5.74, 6) is -2.58. The number of thiophene rings is 1. The van der Waals surface area contributed by atoms with Crippen molar-refractivity contribution in [3.63, 3.8) is 0 Å². The number of carbonyl (C=O) groups is 2. The lowest BCUT2D eigenvalue weighted by Crippen LogP contribution is -2.40. The predicted octanol–water partition coefficient (Wildman–Crippen LogP) is 3.11. The minimum Gasteiger partial charge on any atom is -0.329 e. The van der Waals surface area contributed by atoms with Crippen LogP contribution in [0.15, 0.2) is 29.6 Å². The molecule has 1 aromatic carbocycles. The molecule has 8 heteroatoms. The zero-order valence-electron chi connectivity index (χ0n) is 13.2. The molecule has 1 heterocycles. The summed E-state index contributed by atoms with van der Waals surface area (Å²) >= 11 is 1.56. The number of benzene rings is 1. The van der Waals surface area contributed by atoms with Crippen LogP contribution in [0.2, 0.25) is 0 Å². The van der Waals surface area contributed by atoms with Gasteiger partial charge in [-0.15, -0.1) is 11.3 Å². The van der Waals surface area contributed by atoms with Gasteiger partial charge in [0, 0.05) is 23.7 Å². The number of amides is 3. The molecule has 0 atom stereocenters. The van der Waals surface area contributed by atoms with Crippen molar-refractivity contribution in [3.8, 4) is 0 Å². The van der Waals surface area contributed by atoms with Gasteiger partial charge in [-0.1, -0.05) is 0 Å². The first-order valence-electron chi connectivity index (χ1n) is 7.13. The quantitative estimate of drug-likeness (QED) is 0.868. The third-order valence-electron chi connectivity index (χ3n) is 3.30. The molecule has 3 amide bonds. The predicted molar refractivity (Wildman–Crippen MR) is 88.9 cm³/mol. The van der Waals surface area contributed by atoms with E-state index in [9.17, 15) is 18.4 Å². The second-order valence-corrected chi connectivity index (χ2v) is 6.22. The van der Waals surface area contributed by atoms with Gasteiger partial charge < -0.3 is 15.5 Å². The Morgan fingerprint density at radius 3 is 2.58 bits per heavy atom. The van der Waals surface area contributed by atoms with Crippen molar-refractivity contribution < 1.29 is 18.4 Å². The number of rotatable bonds is 5. The first-order valence-corrected chi connectivity index (χ1v) is 8.01. The van der Waals surface area contributed by atoms with Crippen LogP contribution in [-0.2, 0) is 11.3 Å². The average Bonchev–Trinajstić information content (AvgIpc) is 2.93. The van der Waals surface area contributed by atoms with Crippen molar-refractivity contribution in [1.29, 1.82) is 0 Å². The normalized spacial score (nSPS) is 10.3. The Morgan fingerprint density at radius 2 is 1.96 bits per heavy atom. The smallest absolute Gasteiger partial charge is 0.317 e. The third-order valence-corrected chi connectivity index (χ3v) is 4.31. The van der Waals surface area contributed by atoms with Gasteiger partial charge in [-0.3, -0.25) is 4.79 Å². The highest BCUT2D eigenvalue weighted by molar-refractivity contribution is 7.10. The summed E-state index contributed by atoms with van der Waals surface area (Å²) in [5, 5.41) is 6.80. The van der Waals surface area contributed by atoms with E-state index in [1.807, 2.05) is 18.4 Å². The van der Waals surface area contributed by atoms with Crippen LogP contribution in [0.3, 0.4) is 0 Å². The van der Waals surface area contributed by atoms with Crippen LogP contribution < -0.4 is 10.6 Å². The van der Waals surface area contributed by atoms with Crippen LogP contribution in [0, 0.1) is 18.6 Å². The maximum absolute atomic E-state index is 13.1. The number of hydrogen-bond donors (Lipinski definition) is 2. The van der Waals surface area contributed by atoms with Gasteiger partial charge in [0.15, 0.2) is 11.6 Å². The second kappa shape index (κ2) is 7.87. The maximum atomic E-state index is 13.1. The van der Waals surface area contributed by atoms with Crippen molar-refractivity contribution in [2.24, 2.45) is 0 Å². The van der Waals surface area contributed by atoms with E-state index in [1.54, 1.807) is 18.4 Å². The third kappa shape index (κ3) is 4.76. The second-order valence-electron chi connectivity index (χ2n) is 5.22. The Hall–Kier alpha value is -2.48. The van der Waals surface area contributed by atoms with Crippen molar-refractivity contribution in [2.75, 3.05) is 18.9 Å². The number of nitrogens with one attached hydrogen (secondary N) is 2. The molecule has 0 saturated heterocycles. The number of halogens is 2. The zero-order valence-corrected chi connectivity index (χ0v) is 14.0. The zero-order chi connectivity index (χ0) is 17.7. The van der Waals surface area contributed by atoms with Gasteiger partial charge in [0.2, 0.25) is 5.91 Å². The molecule has 2 rings (SSSR count). The number of nitrogens with zero attached hydrogens (tertiary/aromatic N) is 1. The summed E-state index contributed by atoms with van der Waals surface area (Å²) in [6.07, 6.45) is 0. The van der Waals surface area contributed by atoms with E-state index in [0.717, 1.165) is 22.6 Å². The highest BCUT2D eigenvalue weighted by Crippen LogP contribution is 2.17. The minimum absolute atomic E-state index is 0.121. The van der Waals surface area contributed by atoms with E-state index >= 15 is 0 Å². The van der Waals surface area contributed by atoms with Gasteiger partial charge in [-0.05, 0) is 36.1 Å². The topological polar surface area (TPSA) is 61.4 Å². The maximum Gasteiger partial charge on any atom is 0.317 e. The molecular weight excluding hydrogens is 336 g/mol. The van der Waals surface area contributed by atoms with Crippen LogP contribution in [0.1, 0.15) is 10.4 Å². The molecule has 0 saturated carbocycles. The van der Waals surface area contributed by atoms with E-state index in [1.165, 1.54) is 11.0 Å². The summed E-state index contributed by atoms with van der Waals surface area (Å²) in [5.41, 5.74) is 1.23. The summed E-state index contributed by atoms with van der Waals surface area (Å²) in [6.45, 7) is 2.14. The number of carbonyl (C=O) groups excluding carboxylic acids is 2. The number of urea groups is 1. The molecule has 24 heavy (non-hydrogen) atoms. The van der Waals surface area contributed by atoms with E-state index < -0.39 is 23.6 Å². The molecule has 0 spiro atoms. The van der Waals surface area contributed by atoms with Crippen LogP contribution in [0.5, 0.6) is 0 Å². The van der Waals surface area contributed by atoms with E-state index in [4.69, 9.17) is 0 Å². The fourth-order valence-electron chi connectivity index (χ4n) is 1.92. The summed E-state index contributed by atoms with van der Waals surface area (Å²) in [4.78, 5) is 26.2. The number of anilines is 1. The van der Waals surface area contributed by atoms with E-state index in [2.05, 4.69) is 10.6 Å². The molecule has 0 aliphatic carbocycles. The molecule has 0 bridgehead atoms. The van der Waals surface area contributed by atoms with Gasteiger partial charge >= 0.3 is 6.03 Å². The fourth-order valence-corrected chi connectivity index (χ4v) is 2.88. The molecular formula is C16H17F2N3O2S. The Labute approximate surface area is 142 Å². The molecule has 2 N–H and O–H groups in total. The lowest BCUT2D eigenvalue weighted by molar-refractivity contribution is -0.115. The molecule has 2 aromatic rings. The Morgan fingerprint density at radius 1 is 1.21 bits per heavy atom. The van der Waals surface area contributed by atoms with Crippen LogP contribution in [0.4, 0.5) is 19.3 Å². The molecule has 0 fully saturated rings. The highest BCUT2D eigenvalue weighted by atomic mass is 32.1. The standard InChI is InChI=1S/C16H17F2N3O2S/c1-10-5-6-24-14(10)9-21(2)16(23)19-8-15(22)20-11-3-4-12(17)13(18)7-11/h3-7H,8-9H2,1-2H3,(H,19,23)(H,20,22). The Kier molecular flexibility index (Phi) is 5.86. The average molecular weight is 353 g/mol. The lowest BCUT2D eigenvalue weighted by atomic mass is 10.3. The summed E-state index contributed by atoms with van der Waals surface area (Å²) in [7, 11) is 1.63. The van der Waals surface area contributed by atoms with E-state index in [0.29, 0.717) is 6.54 Å². The molecule has 128 valence electrons. The first kappa shape index (κ1) is 17.9. The largest absolute Gasteiger partial charge is 0.329 e. The highest BCUT2D eigenvalue weighted by Gasteiger charge is 2.13. The number of hydrogen-bond acceptors (Lipinski definition) is 3. The van der Waals surface area contributed by atoms with Gasteiger partial charge in [-0.2, -0.15) is 0 Å². The fraction of sp³-hybridized carbons (Fsp3) is 0.250. The van der Waals surface area contributed by atoms with Crippen LogP contribution in [0.25, 0.3) is 0 Å². The number of aryl methyl sites for hydroxylation is 1. The van der Waals surface area contributed by atoms with Gasteiger partial charge in [0.1, 0.15) is 0 Å². The SMILES string of the molecule is Cc1ccsc1CN(C)C(=O)NCC(=O)Nc1ccc(F)c(F)c1. The lowest BCUT2D eigenvalue weighted by Gasteiger charge is -2.17. The molecule has 0 radical (unpaired) electrons. The molecule has 0 aliphatic rings. The van der Waals surface area contributed by atoms with Crippen LogP contribution in [-0.4, -0.2) is 30.4 Å². The van der Waals surface area contributed by atoms with Crippen molar-refractivity contribution in [3.05, 3.63) is 51.7 Å². The summed E-state index contributed by atoms with van der Waals surface area (Å²) < 4.78 is 25.9.